The minimum absolute atomic E-state index is 0.480. The summed E-state index contributed by atoms with van der Waals surface area (Å²) in [5, 5.41) is 16.8. The zero-order valence-electron chi connectivity index (χ0n) is 18.3. The van der Waals surface area contributed by atoms with Crippen LogP contribution in [0.25, 0.3) is 21.9 Å². The van der Waals surface area contributed by atoms with Crippen molar-refractivity contribution in [1.82, 2.24) is 25.2 Å². The number of aliphatic hydroxyl groups excluding tert-OH is 1. The number of fused-ring (bicyclic) bond motifs is 2. The van der Waals surface area contributed by atoms with Gasteiger partial charge >= 0.3 is 0 Å². The number of likely N-dealkylation sites (tertiary alicyclic amines) is 1. The van der Waals surface area contributed by atoms with E-state index in [1.54, 1.807) is 13.3 Å². The molecule has 0 aliphatic carbocycles. The molecule has 3 N–H and O–H groups in total. The normalized spacial score (nSPS) is 16.6. The predicted octanol–water partition coefficient (Wildman–Crippen LogP) is 3.41. The molecule has 1 atom stereocenters. The second-order valence-corrected chi connectivity index (χ2v) is 8.49. The van der Waals surface area contributed by atoms with Gasteiger partial charge in [0.05, 0.1) is 18.7 Å². The van der Waals surface area contributed by atoms with Crippen LogP contribution < -0.4 is 10.1 Å². The molecule has 1 fully saturated rings. The van der Waals surface area contributed by atoms with Gasteiger partial charge in [0.2, 0.25) is 0 Å². The molecule has 1 aromatic carbocycles. The fourth-order valence-corrected chi connectivity index (χ4v) is 4.59. The van der Waals surface area contributed by atoms with E-state index in [2.05, 4.69) is 37.3 Å². The van der Waals surface area contributed by atoms with Crippen LogP contribution in [0.3, 0.4) is 0 Å². The van der Waals surface area contributed by atoms with E-state index in [-0.39, 0.29) is 0 Å². The lowest BCUT2D eigenvalue weighted by molar-refractivity contribution is 0.0948. The van der Waals surface area contributed by atoms with Crippen molar-refractivity contribution in [3.05, 3.63) is 66.1 Å². The van der Waals surface area contributed by atoms with Crippen LogP contribution in [0.5, 0.6) is 5.75 Å². The number of nitrogens with one attached hydrogen (secondary N) is 2. The molecule has 1 aliphatic heterocycles. The third-order valence-electron chi connectivity index (χ3n) is 6.39. The van der Waals surface area contributed by atoms with E-state index in [1.807, 2.05) is 36.5 Å². The molecule has 7 heteroatoms. The van der Waals surface area contributed by atoms with Crippen molar-refractivity contribution in [3.8, 4) is 5.75 Å². The number of piperidine rings is 1. The van der Waals surface area contributed by atoms with Crippen molar-refractivity contribution < 1.29 is 9.84 Å². The summed E-state index contributed by atoms with van der Waals surface area (Å²) in [4.78, 5) is 14.5. The molecule has 3 aromatic heterocycles. The highest BCUT2D eigenvalue weighted by molar-refractivity contribution is 5.83. The largest absolute Gasteiger partial charge is 0.497 e. The van der Waals surface area contributed by atoms with Gasteiger partial charge in [-0.05, 0) is 74.0 Å². The van der Waals surface area contributed by atoms with Crippen molar-refractivity contribution in [3.63, 3.8) is 0 Å². The molecule has 0 radical (unpaired) electrons. The Morgan fingerprint density at radius 3 is 2.84 bits per heavy atom. The van der Waals surface area contributed by atoms with Gasteiger partial charge in [-0.15, -0.1) is 0 Å². The molecule has 0 spiro atoms. The summed E-state index contributed by atoms with van der Waals surface area (Å²) in [5.74, 6) is 0.775. The number of hydrogen-bond donors (Lipinski definition) is 3. The van der Waals surface area contributed by atoms with Gasteiger partial charge in [0.15, 0.2) is 0 Å². The number of aromatic amines is 1. The Bertz CT molecular complexity index is 1170. The maximum absolute atomic E-state index is 11.0. The Balaban J connectivity index is 1.16. The Morgan fingerprint density at radius 2 is 2.03 bits per heavy atom. The number of nitrogens with zero attached hydrogens (tertiary/aromatic N) is 3. The molecule has 7 nitrogen and oxygen atoms in total. The maximum atomic E-state index is 11.0. The van der Waals surface area contributed by atoms with Gasteiger partial charge in [-0.3, -0.25) is 4.98 Å². The molecular weight excluding hydrogens is 402 g/mol. The van der Waals surface area contributed by atoms with Crippen molar-refractivity contribution in [2.24, 2.45) is 0 Å². The van der Waals surface area contributed by atoms with Crippen LogP contribution in [-0.2, 0) is 6.54 Å². The fraction of sp³-hybridized carbons (Fsp3) is 0.360. The summed E-state index contributed by atoms with van der Waals surface area (Å²) < 4.78 is 5.36. The van der Waals surface area contributed by atoms with Crippen LogP contribution in [-0.4, -0.2) is 57.7 Å². The lowest BCUT2D eigenvalue weighted by atomic mass is 10.0. The summed E-state index contributed by atoms with van der Waals surface area (Å²) in [6.45, 7) is 3.37. The van der Waals surface area contributed by atoms with Crippen molar-refractivity contribution in [1.29, 1.82) is 0 Å². The topological polar surface area (TPSA) is 86.3 Å². The first-order chi connectivity index (χ1) is 15.7. The number of ether oxygens (including phenoxy) is 1. The summed E-state index contributed by atoms with van der Waals surface area (Å²) in [6.07, 6.45) is 5.15. The Labute approximate surface area is 187 Å². The standard InChI is InChI=1S/C25H29N5O2/c1-32-20-4-5-23-22(14-20)21(6-10-26-23)24(31)16-30-11-7-18(8-12-30)28-15-19-13-17-3-2-9-27-25(17)29-19/h2-6,9-10,13-14,18,24,28,31H,7-8,11-12,15-16H2,1H3,(H,27,29)/t24-/m0/s1. The van der Waals surface area contributed by atoms with E-state index in [9.17, 15) is 5.11 Å². The Morgan fingerprint density at radius 1 is 1.16 bits per heavy atom. The number of rotatable bonds is 7. The van der Waals surface area contributed by atoms with Crippen LogP contribution in [0.2, 0.25) is 0 Å². The van der Waals surface area contributed by atoms with E-state index in [0.717, 1.165) is 71.4 Å². The number of β-amino-alcohol motifs (C(OH)–C–C–N with tert-alkyl or cyclic N) is 1. The van der Waals surface area contributed by atoms with Crippen LogP contribution in [0.4, 0.5) is 0 Å². The van der Waals surface area contributed by atoms with Crippen LogP contribution in [0.1, 0.15) is 30.2 Å². The molecule has 0 bridgehead atoms. The summed E-state index contributed by atoms with van der Waals surface area (Å²) in [7, 11) is 1.65. The van der Waals surface area contributed by atoms with Crippen molar-refractivity contribution in [2.45, 2.75) is 31.5 Å². The van der Waals surface area contributed by atoms with Crippen molar-refractivity contribution >= 4 is 21.9 Å². The fourth-order valence-electron chi connectivity index (χ4n) is 4.59. The maximum Gasteiger partial charge on any atom is 0.137 e. The molecule has 4 heterocycles. The molecule has 166 valence electrons. The van der Waals surface area contributed by atoms with Crippen molar-refractivity contribution in [2.75, 3.05) is 26.7 Å². The molecule has 4 aromatic rings. The molecule has 1 aliphatic rings. The Kier molecular flexibility index (Phi) is 6.03. The molecular formula is C25H29N5O2. The zero-order valence-corrected chi connectivity index (χ0v) is 18.3. The molecule has 5 rings (SSSR count). The van der Waals surface area contributed by atoms with E-state index in [4.69, 9.17) is 4.74 Å². The highest BCUT2D eigenvalue weighted by atomic mass is 16.5. The third-order valence-corrected chi connectivity index (χ3v) is 6.39. The van der Waals surface area contributed by atoms with Gasteiger partial charge in [-0.2, -0.15) is 0 Å². The smallest absolute Gasteiger partial charge is 0.137 e. The summed E-state index contributed by atoms with van der Waals surface area (Å²) in [5.41, 5.74) is 3.88. The summed E-state index contributed by atoms with van der Waals surface area (Å²) in [6, 6.07) is 14.4. The Hall–Kier alpha value is -3.00. The minimum Gasteiger partial charge on any atom is -0.497 e. The second kappa shape index (κ2) is 9.24. The number of aromatic nitrogens is 3. The van der Waals surface area contributed by atoms with Gasteiger partial charge in [0, 0.05) is 48.0 Å². The first-order valence-electron chi connectivity index (χ1n) is 11.2. The van der Waals surface area contributed by atoms with Crippen LogP contribution >= 0.6 is 0 Å². The molecule has 0 saturated carbocycles. The molecule has 32 heavy (non-hydrogen) atoms. The third kappa shape index (κ3) is 4.46. The lowest BCUT2D eigenvalue weighted by Gasteiger charge is -2.33. The molecule has 0 unspecified atom stereocenters. The number of methoxy groups -OCH3 is 1. The molecule has 1 saturated heterocycles. The predicted molar refractivity (Wildman–Crippen MR) is 126 cm³/mol. The van der Waals surface area contributed by atoms with E-state index in [1.165, 1.54) is 0 Å². The van der Waals surface area contributed by atoms with Crippen LogP contribution in [0, 0.1) is 0 Å². The highest BCUT2D eigenvalue weighted by Crippen LogP contribution is 2.27. The van der Waals surface area contributed by atoms with E-state index < -0.39 is 6.10 Å². The first-order valence-corrected chi connectivity index (χ1v) is 11.2. The SMILES string of the molecule is COc1ccc2nccc([C@@H](O)CN3CCC(NCc4cc5cccnc5[nH]4)CC3)c2c1. The van der Waals surface area contributed by atoms with Gasteiger partial charge in [0.1, 0.15) is 11.4 Å². The number of H-pyrrole nitrogens is 1. The second-order valence-electron chi connectivity index (χ2n) is 8.49. The van der Waals surface area contributed by atoms with Gasteiger partial charge < -0.3 is 25.0 Å². The quantitative estimate of drug-likeness (QED) is 0.416. The first kappa shape index (κ1) is 20.9. The average molecular weight is 432 g/mol. The van der Waals surface area contributed by atoms with Gasteiger partial charge in [-0.1, -0.05) is 0 Å². The highest BCUT2D eigenvalue weighted by Gasteiger charge is 2.22. The molecule has 0 amide bonds. The van der Waals surface area contributed by atoms with E-state index in [0.29, 0.717) is 12.6 Å². The number of hydrogen-bond acceptors (Lipinski definition) is 6. The van der Waals surface area contributed by atoms with Gasteiger partial charge in [0.25, 0.3) is 0 Å². The number of aliphatic hydroxyl groups is 1. The zero-order chi connectivity index (χ0) is 21.9. The lowest BCUT2D eigenvalue weighted by Crippen LogP contribution is -2.43. The number of pyridine rings is 2. The van der Waals surface area contributed by atoms with Crippen LogP contribution in [0.15, 0.2) is 54.9 Å². The monoisotopic (exact) mass is 431 g/mol. The van der Waals surface area contributed by atoms with Gasteiger partial charge in [-0.25, -0.2) is 4.98 Å². The summed E-state index contributed by atoms with van der Waals surface area (Å²) >= 11 is 0. The number of benzene rings is 1. The minimum atomic E-state index is -0.559. The van der Waals surface area contributed by atoms with E-state index >= 15 is 0 Å². The average Bonchev–Trinajstić information content (AvgIpc) is 3.26.